The van der Waals surface area contributed by atoms with Crippen molar-refractivity contribution in [2.45, 2.75) is 6.61 Å². The fourth-order valence-corrected chi connectivity index (χ4v) is 2.00. The van der Waals surface area contributed by atoms with Crippen LogP contribution in [0.4, 0.5) is 10.5 Å². The largest absolute Gasteiger partial charge is 0.445 e. The number of ether oxygens (including phenoxy) is 1. The Labute approximate surface area is 143 Å². The van der Waals surface area contributed by atoms with Crippen molar-refractivity contribution in [3.05, 3.63) is 64.1 Å². The maximum atomic E-state index is 11.7. The van der Waals surface area contributed by atoms with Gasteiger partial charge in [-0.1, -0.05) is 53.5 Å². The van der Waals surface area contributed by atoms with Crippen molar-refractivity contribution in [2.24, 2.45) is 0 Å². The first kappa shape index (κ1) is 17.1. The van der Waals surface area contributed by atoms with Gasteiger partial charge in [-0.15, -0.1) is 0 Å². The normalized spacial score (nSPS) is 10.0. The van der Waals surface area contributed by atoms with Gasteiger partial charge >= 0.3 is 6.09 Å². The number of alkyl carbamates (subject to hydrolysis) is 1. The number of benzene rings is 2. The van der Waals surface area contributed by atoms with E-state index in [1.165, 1.54) is 6.07 Å². The first-order chi connectivity index (χ1) is 11.0. The van der Waals surface area contributed by atoms with E-state index in [4.69, 9.17) is 27.9 Å². The van der Waals surface area contributed by atoms with E-state index >= 15 is 0 Å². The maximum Gasteiger partial charge on any atom is 0.407 e. The van der Waals surface area contributed by atoms with Gasteiger partial charge in [0.1, 0.15) is 13.2 Å². The molecular formula is C16H14Cl2N2O3. The third kappa shape index (κ3) is 5.81. The van der Waals surface area contributed by atoms with E-state index in [0.29, 0.717) is 15.7 Å². The monoisotopic (exact) mass is 352 g/mol. The Morgan fingerprint density at radius 1 is 1.00 bits per heavy atom. The summed E-state index contributed by atoms with van der Waals surface area (Å²) in [7, 11) is 0. The van der Waals surface area contributed by atoms with Gasteiger partial charge < -0.3 is 15.4 Å². The van der Waals surface area contributed by atoms with Gasteiger partial charge in [-0.2, -0.15) is 0 Å². The molecule has 0 saturated heterocycles. The van der Waals surface area contributed by atoms with Gasteiger partial charge in [-0.05, 0) is 23.8 Å². The average Bonchev–Trinajstić information content (AvgIpc) is 2.55. The highest BCUT2D eigenvalue weighted by molar-refractivity contribution is 6.42. The first-order valence-corrected chi connectivity index (χ1v) is 7.49. The van der Waals surface area contributed by atoms with Crippen molar-refractivity contribution in [2.75, 3.05) is 11.9 Å². The smallest absolute Gasteiger partial charge is 0.407 e. The molecule has 2 aromatic carbocycles. The van der Waals surface area contributed by atoms with E-state index in [0.717, 1.165) is 5.56 Å². The molecule has 7 heteroatoms. The summed E-state index contributed by atoms with van der Waals surface area (Å²) in [6.07, 6.45) is -0.668. The summed E-state index contributed by atoms with van der Waals surface area (Å²) in [6, 6.07) is 13.9. The molecule has 0 bridgehead atoms. The summed E-state index contributed by atoms with van der Waals surface area (Å²) in [5, 5.41) is 5.68. The summed E-state index contributed by atoms with van der Waals surface area (Å²) in [4.78, 5) is 23.3. The van der Waals surface area contributed by atoms with Crippen LogP contribution in [0.15, 0.2) is 48.5 Å². The van der Waals surface area contributed by atoms with Gasteiger partial charge in [0.15, 0.2) is 0 Å². The number of amides is 2. The van der Waals surface area contributed by atoms with E-state index in [1.807, 2.05) is 30.3 Å². The van der Waals surface area contributed by atoms with E-state index in [1.54, 1.807) is 12.1 Å². The SMILES string of the molecule is O=C(CNC(=O)OCc1ccccc1)Nc1ccc(Cl)c(Cl)c1. The molecule has 5 nitrogen and oxygen atoms in total. The lowest BCUT2D eigenvalue weighted by molar-refractivity contribution is -0.115. The van der Waals surface area contributed by atoms with Crippen LogP contribution in [0.3, 0.4) is 0 Å². The number of hydrogen-bond donors (Lipinski definition) is 2. The van der Waals surface area contributed by atoms with Gasteiger partial charge in [-0.3, -0.25) is 4.79 Å². The van der Waals surface area contributed by atoms with Crippen LogP contribution in [0.5, 0.6) is 0 Å². The van der Waals surface area contributed by atoms with E-state index in [9.17, 15) is 9.59 Å². The second-order valence-electron chi connectivity index (χ2n) is 4.59. The molecule has 2 rings (SSSR count). The fourth-order valence-electron chi connectivity index (χ4n) is 1.71. The number of nitrogens with one attached hydrogen (secondary N) is 2. The molecule has 23 heavy (non-hydrogen) atoms. The summed E-state index contributed by atoms with van der Waals surface area (Å²) < 4.78 is 4.99. The number of rotatable bonds is 5. The van der Waals surface area contributed by atoms with Gasteiger partial charge in [-0.25, -0.2) is 4.79 Å². The molecular weight excluding hydrogens is 339 g/mol. The molecule has 2 amide bonds. The standard InChI is InChI=1S/C16H14Cl2N2O3/c17-13-7-6-12(8-14(13)18)20-15(21)9-19-16(22)23-10-11-4-2-1-3-5-11/h1-8H,9-10H2,(H,19,22)(H,20,21). The lowest BCUT2D eigenvalue weighted by Crippen LogP contribution is -2.33. The molecule has 2 aromatic rings. The molecule has 0 saturated carbocycles. The Morgan fingerprint density at radius 2 is 1.74 bits per heavy atom. The zero-order valence-electron chi connectivity index (χ0n) is 12.0. The highest BCUT2D eigenvalue weighted by atomic mass is 35.5. The molecule has 0 aliphatic carbocycles. The van der Waals surface area contributed by atoms with E-state index < -0.39 is 12.0 Å². The van der Waals surface area contributed by atoms with Crippen molar-refractivity contribution in [3.8, 4) is 0 Å². The minimum absolute atomic E-state index is 0.140. The predicted molar refractivity (Wildman–Crippen MR) is 89.7 cm³/mol. The predicted octanol–water partition coefficient (Wildman–Crippen LogP) is 3.86. The average molecular weight is 353 g/mol. The molecule has 0 aliphatic rings. The summed E-state index contributed by atoms with van der Waals surface area (Å²) >= 11 is 11.6. The van der Waals surface area contributed by atoms with Crippen LogP contribution in [-0.4, -0.2) is 18.5 Å². The van der Waals surface area contributed by atoms with E-state index in [2.05, 4.69) is 10.6 Å². The van der Waals surface area contributed by atoms with Crippen molar-refractivity contribution >= 4 is 40.9 Å². The Bertz CT molecular complexity index is 693. The van der Waals surface area contributed by atoms with E-state index in [-0.39, 0.29) is 13.2 Å². The molecule has 2 N–H and O–H groups in total. The summed E-state index contributed by atoms with van der Waals surface area (Å²) in [5.41, 5.74) is 1.35. The minimum atomic E-state index is -0.668. The zero-order chi connectivity index (χ0) is 16.7. The van der Waals surface area contributed by atoms with Crippen molar-refractivity contribution < 1.29 is 14.3 Å². The molecule has 0 unspecified atom stereocenters. The molecule has 0 spiro atoms. The van der Waals surface area contributed by atoms with Crippen molar-refractivity contribution in [3.63, 3.8) is 0 Å². The molecule has 120 valence electrons. The third-order valence-electron chi connectivity index (χ3n) is 2.81. The molecule has 0 aromatic heterocycles. The summed E-state index contributed by atoms with van der Waals surface area (Å²) in [6.45, 7) is -0.0745. The fraction of sp³-hybridized carbons (Fsp3) is 0.125. The minimum Gasteiger partial charge on any atom is -0.445 e. The number of hydrogen-bond acceptors (Lipinski definition) is 3. The molecule has 0 fully saturated rings. The Morgan fingerprint density at radius 3 is 2.43 bits per heavy atom. The van der Waals surface area contributed by atoms with Crippen LogP contribution in [0.1, 0.15) is 5.56 Å². The second kappa shape index (κ2) is 8.41. The lowest BCUT2D eigenvalue weighted by Gasteiger charge is -2.08. The molecule has 0 aliphatic heterocycles. The Hall–Kier alpha value is -2.24. The Balaban J connectivity index is 1.73. The molecule has 0 radical (unpaired) electrons. The number of anilines is 1. The first-order valence-electron chi connectivity index (χ1n) is 6.74. The zero-order valence-corrected chi connectivity index (χ0v) is 13.5. The van der Waals surface area contributed by atoms with Gasteiger partial charge in [0, 0.05) is 5.69 Å². The number of carbonyl (C=O) groups is 2. The van der Waals surface area contributed by atoms with Crippen LogP contribution >= 0.6 is 23.2 Å². The maximum absolute atomic E-state index is 11.7. The second-order valence-corrected chi connectivity index (χ2v) is 5.41. The van der Waals surface area contributed by atoms with Crippen molar-refractivity contribution in [1.82, 2.24) is 5.32 Å². The topological polar surface area (TPSA) is 67.4 Å². The number of halogens is 2. The lowest BCUT2D eigenvalue weighted by atomic mass is 10.2. The quantitative estimate of drug-likeness (QED) is 0.858. The highest BCUT2D eigenvalue weighted by Crippen LogP contribution is 2.24. The Kier molecular flexibility index (Phi) is 6.26. The number of carbonyl (C=O) groups excluding carboxylic acids is 2. The van der Waals surface area contributed by atoms with Gasteiger partial charge in [0.05, 0.1) is 10.0 Å². The van der Waals surface area contributed by atoms with Crippen LogP contribution in [0, 0.1) is 0 Å². The third-order valence-corrected chi connectivity index (χ3v) is 3.55. The molecule has 0 atom stereocenters. The van der Waals surface area contributed by atoms with Crippen LogP contribution in [0.2, 0.25) is 10.0 Å². The van der Waals surface area contributed by atoms with Crippen LogP contribution in [-0.2, 0) is 16.1 Å². The van der Waals surface area contributed by atoms with Gasteiger partial charge in [0.25, 0.3) is 0 Å². The molecule has 0 heterocycles. The van der Waals surface area contributed by atoms with Crippen LogP contribution in [0.25, 0.3) is 0 Å². The van der Waals surface area contributed by atoms with Crippen LogP contribution < -0.4 is 10.6 Å². The summed E-state index contributed by atoms with van der Waals surface area (Å²) in [5.74, 6) is -0.403. The van der Waals surface area contributed by atoms with Crippen molar-refractivity contribution in [1.29, 1.82) is 0 Å². The highest BCUT2D eigenvalue weighted by Gasteiger charge is 2.08. The van der Waals surface area contributed by atoms with Gasteiger partial charge in [0.2, 0.25) is 5.91 Å².